The van der Waals surface area contributed by atoms with Crippen LogP contribution in [0.3, 0.4) is 0 Å². The molecule has 11 nitrogen and oxygen atoms in total. The smallest absolute Gasteiger partial charge is 0.254 e. The number of hydrogen-bond acceptors (Lipinski definition) is 5. The van der Waals surface area contributed by atoms with Crippen LogP contribution in [0, 0.1) is 0 Å². The SMILES string of the molecule is CC(=O)NCC(=O)NCCCCC(NC(=O)c1c[nH]c2ccccc12)C(=O)N[C@H](Cc1ccccc1)C(=O)N(C)Cc1ccccc1. The monoisotopic (exact) mass is 638 g/mol. The number of para-hydroxylation sites is 1. The van der Waals surface area contributed by atoms with Gasteiger partial charge in [0.15, 0.2) is 0 Å². The number of aromatic amines is 1. The minimum absolute atomic E-state index is 0.114. The van der Waals surface area contributed by atoms with Crippen molar-refractivity contribution in [2.24, 2.45) is 0 Å². The highest BCUT2D eigenvalue weighted by Crippen LogP contribution is 2.18. The largest absolute Gasteiger partial charge is 0.360 e. The van der Waals surface area contributed by atoms with Crippen molar-refractivity contribution in [2.45, 2.75) is 51.2 Å². The summed E-state index contributed by atoms with van der Waals surface area (Å²) in [5.74, 6) is -1.76. The van der Waals surface area contributed by atoms with Crippen LogP contribution in [0.25, 0.3) is 10.9 Å². The van der Waals surface area contributed by atoms with E-state index in [1.807, 2.05) is 84.9 Å². The van der Waals surface area contributed by atoms with Gasteiger partial charge in [-0.3, -0.25) is 24.0 Å². The topological polar surface area (TPSA) is 152 Å². The Labute approximate surface area is 274 Å². The molecule has 246 valence electrons. The molecule has 4 aromatic rings. The molecule has 0 saturated carbocycles. The molecule has 5 N–H and O–H groups in total. The van der Waals surface area contributed by atoms with E-state index in [0.717, 1.165) is 22.0 Å². The molecular weight excluding hydrogens is 596 g/mol. The van der Waals surface area contributed by atoms with Gasteiger partial charge in [0.2, 0.25) is 23.6 Å². The Morgan fingerprint density at radius 3 is 2.13 bits per heavy atom. The molecule has 0 aliphatic carbocycles. The van der Waals surface area contributed by atoms with Crippen LogP contribution in [-0.2, 0) is 32.1 Å². The number of fused-ring (bicyclic) bond motifs is 1. The summed E-state index contributed by atoms with van der Waals surface area (Å²) in [5, 5.41) is 11.7. The molecule has 0 fully saturated rings. The van der Waals surface area contributed by atoms with Crippen LogP contribution in [0.15, 0.2) is 91.1 Å². The third-order valence-corrected chi connectivity index (χ3v) is 7.73. The number of hydrogen-bond donors (Lipinski definition) is 5. The van der Waals surface area contributed by atoms with E-state index in [0.29, 0.717) is 31.5 Å². The first-order valence-electron chi connectivity index (χ1n) is 15.7. The molecule has 47 heavy (non-hydrogen) atoms. The van der Waals surface area contributed by atoms with Gasteiger partial charge in [-0.2, -0.15) is 0 Å². The maximum absolute atomic E-state index is 13.9. The summed E-state index contributed by atoms with van der Waals surface area (Å²) in [6.45, 7) is 1.93. The number of amides is 5. The average Bonchev–Trinajstić information content (AvgIpc) is 3.51. The summed E-state index contributed by atoms with van der Waals surface area (Å²) >= 11 is 0. The fourth-order valence-corrected chi connectivity index (χ4v) is 5.26. The average molecular weight is 639 g/mol. The lowest BCUT2D eigenvalue weighted by molar-refractivity contribution is -0.136. The standard InChI is InChI=1S/C36H42N6O5/c1-25(43)38-23-33(44)37-20-12-11-19-31(40-34(45)29-22-39-30-18-10-9-17-28(29)30)35(46)41-32(21-26-13-5-3-6-14-26)36(47)42(2)24-27-15-7-4-8-16-27/h3-10,13-18,22,31-32,39H,11-12,19-21,23-24H2,1-2H3,(H,37,44)(H,38,43)(H,40,45)(H,41,46)/t31?,32-/m1/s1. The Hall–Kier alpha value is -5.45. The van der Waals surface area contributed by atoms with E-state index in [2.05, 4.69) is 26.3 Å². The number of H-pyrrole nitrogens is 1. The van der Waals surface area contributed by atoms with Gasteiger partial charge in [0, 0.05) is 50.6 Å². The minimum atomic E-state index is -0.947. The van der Waals surface area contributed by atoms with Crippen LogP contribution in [0.4, 0.5) is 0 Å². The first kappa shape index (κ1) is 34.4. The number of nitrogens with one attached hydrogen (secondary N) is 5. The number of carbonyl (C=O) groups is 5. The van der Waals surface area contributed by atoms with Crippen molar-refractivity contribution in [2.75, 3.05) is 20.1 Å². The van der Waals surface area contributed by atoms with Gasteiger partial charge in [-0.1, -0.05) is 78.9 Å². The Balaban J connectivity index is 1.48. The third kappa shape index (κ3) is 10.6. The minimum Gasteiger partial charge on any atom is -0.360 e. The highest BCUT2D eigenvalue weighted by Gasteiger charge is 2.29. The van der Waals surface area contributed by atoms with Crippen molar-refractivity contribution in [1.82, 2.24) is 31.2 Å². The highest BCUT2D eigenvalue weighted by atomic mass is 16.2. The number of unbranched alkanes of at least 4 members (excludes halogenated alkanes) is 1. The Bertz CT molecular complexity index is 1660. The fourth-order valence-electron chi connectivity index (χ4n) is 5.26. The van der Waals surface area contributed by atoms with Crippen LogP contribution in [-0.4, -0.2) is 71.6 Å². The predicted molar refractivity (Wildman–Crippen MR) is 180 cm³/mol. The lowest BCUT2D eigenvalue weighted by Crippen LogP contribution is -2.54. The second kappa shape index (κ2) is 17.3. The molecule has 1 aromatic heterocycles. The molecule has 0 aliphatic rings. The van der Waals surface area contributed by atoms with Gasteiger partial charge in [-0.05, 0) is 36.5 Å². The van der Waals surface area contributed by atoms with E-state index >= 15 is 0 Å². The highest BCUT2D eigenvalue weighted by molar-refractivity contribution is 6.08. The Morgan fingerprint density at radius 2 is 1.43 bits per heavy atom. The predicted octanol–water partition coefficient (Wildman–Crippen LogP) is 3.08. The summed E-state index contributed by atoms with van der Waals surface area (Å²) in [5.41, 5.74) is 3.04. The van der Waals surface area contributed by atoms with Crippen molar-refractivity contribution in [1.29, 1.82) is 0 Å². The molecule has 4 rings (SSSR count). The van der Waals surface area contributed by atoms with Crippen molar-refractivity contribution in [3.8, 4) is 0 Å². The quantitative estimate of drug-likeness (QED) is 0.120. The van der Waals surface area contributed by atoms with E-state index in [4.69, 9.17) is 0 Å². The van der Waals surface area contributed by atoms with Crippen LogP contribution >= 0.6 is 0 Å². The molecule has 0 bridgehead atoms. The summed E-state index contributed by atoms with van der Waals surface area (Å²) in [4.78, 5) is 68.9. The molecule has 11 heteroatoms. The number of rotatable bonds is 16. The van der Waals surface area contributed by atoms with Gasteiger partial charge in [0.05, 0.1) is 12.1 Å². The molecular formula is C36H42N6O5. The van der Waals surface area contributed by atoms with Crippen molar-refractivity contribution in [3.05, 3.63) is 108 Å². The van der Waals surface area contributed by atoms with Crippen LogP contribution in [0.2, 0.25) is 0 Å². The normalized spacial score (nSPS) is 12.0. The summed E-state index contributed by atoms with van der Waals surface area (Å²) < 4.78 is 0. The summed E-state index contributed by atoms with van der Waals surface area (Å²) in [7, 11) is 1.70. The lowest BCUT2D eigenvalue weighted by Gasteiger charge is -2.27. The number of carbonyl (C=O) groups excluding carboxylic acids is 5. The van der Waals surface area contributed by atoms with E-state index in [9.17, 15) is 24.0 Å². The van der Waals surface area contributed by atoms with Crippen LogP contribution in [0.1, 0.15) is 47.7 Å². The molecule has 5 amide bonds. The zero-order valence-electron chi connectivity index (χ0n) is 26.8. The molecule has 2 atom stereocenters. The molecule has 3 aromatic carbocycles. The zero-order valence-corrected chi connectivity index (χ0v) is 26.8. The molecule has 0 aliphatic heterocycles. The Kier molecular flexibility index (Phi) is 12.7. The molecule has 0 radical (unpaired) electrons. The number of benzene rings is 3. The van der Waals surface area contributed by atoms with Gasteiger partial charge in [-0.15, -0.1) is 0 Å². The van der Waals surface area contributed by atoms with Gasteiger partial charge in [-0.25, -0.2) is 0 Å². The second-order valence-corrected chi connectivity index (χ2v) is 11.5. The number of nitrogens with zero attached hydrogens (tertiary/aromatic N) is 1. The lowest BCUT2D eigenvalue weighted by atomic mass is 10.0. The van der Waals surface area contributed by atoms with Crippen molar-refractivity contribution >= 4 is 40.4 Å². The van der Waals surface area contributed by atoms with Gasteiger partial charge < -0.3 is 31.2 Å². The maximum Gasteiger partial charge on any atom is 0.254 e. The zero-order chi connectivity index (χ0) is 33.6. The van der Waals surface area contributed by atoms with Crippen molar-refractivity contribution in [3.63, 3.8) is 0 Å². The van der Waals surface area contributed by atoms with Gasteiger partial charge >= 0.3 is 0 Å². The molecule has 0 spiro atoms. The molecule has 1 heterocycles. The van der Waals surface area contributed by atoms with Crippen LogP contribution < -0.4 is 21.3 Å². The first-order valence-corrected chi connectivity index (χ1v) is 15.7. The van der Waals surface area contributed by atoms with Gasteiger partial charge in [0.25, 0.3) is 5.91 Å². The summed E-state index contributed by atoms with van der Waals surface area (Å²) in [6, 6.07) is 24.6. The summed E-state index contributed by atoms with van der Waals surface area (Å²) in [6.07, 6.45) is 3.18. The number of aromatic nitrogens is 1. The van der Waals surface area contributed by atoms with E-state index in [1.54, 1.807) is 18.1 Å². The van der Waals surface area contributed by atoms with Crippen molar-refractivity contribution < 1.29 is 24.0 Å². The maximum atomic E-state index is 13.9. The number of likely N-dealkylation sites (N-methyl/N-ethyl adjacent to an activating group) is 1. The Morgan fingerprint density at radius 1 is 0.766 bits per heavy atom. The fraction of sp³-hybridized carbons (Fsp3) is 0.306. The first-order chi connectivity index (χ1) is 22.7. The van der Waals surface area contributed by atoms with Gasteiger partial charge in [0.1, 0.15) is 12.1 Å². The second-order valence-electron chi connectivity index (χ2n) is 11.5. The van der Waals surface area contributed by atoms with E-state index in [-0.39, 0.29) is 37.1 Å². The molecule has 0 saturated heterocycles. The molecule has 1 unspecified atom stereocenters. The van der Waals surface area contributed by atoms with E-state index < -0.39 is 23.9 Å². The van der Waals surface area contributed by atoms with Crippen LogP contribution in [0.5, 0.6) is 0 Å². The third-order valence-electron chi connectivity index (χ3n) is 7.73. The van der Waals surface area contributed by atoms with E-state index in [1.165, 1.54) is 6.92 Å².